The summed E-state index contributed by atoms with van der Waals surface area (Å²) in [7, 11) is 0. The molecule has 3 rings (SSSR count). The molecule has 2 aromatic rings. The van der Waals surface area contributed by atoms with Crippen molar-refractivity contribution in [1.82, 2.24) is 9.63 Å². The third-order valence-electron chi connectivity index (χ3n) is 4.88. The van der Waals surface area contributed by atoms with Gasteiger partial charge >= 0.3 is 193 Å². The second-order valence-electron chi connectivity index (χ2n) is 7.02. The van der Waals surface area contributed by atoms with Gasteiger partial charge in [0.2, 0.25) is 0 Å². The molecule has 0 N–H and O–H groups in total. The maximum absolute atomic E-state index is 12.8. The molecule has 1 fully saturated rings. The van der Waals surface area contributed by atoms with Gasteiger partial charge in [0.15, 0.2) is 0 Å². The molecule has 9 heteroatoms. The van der Waals surface area contributed by atoms with E-state index in [1.54, 1.807) is 32.0 Å². The number of β-lactam (4-membered cyclic amide) rings is 1. The third kappa shape index (κ3) is 5.61. The summed E-state index contributed by atoms with van der Waals surface area (Å²) in [6.45, 7) is 3.42. The van der Waals surface area contributed by atoms with E-state index in [4.69, 9.17) is 21.8 Å². The van der Waals surface area contributed by atoms with Crippen LogP contribution in [0.3, 0.4) is 0 Å². The van der Waals surface area contributed by atoms with Crippen LogP contribution in [0.25, 0.3) is 0 Å². The molecular weight excluding hydrogens is 483 g/mol. The zero-order chi connectivity index (χ0) is 22.4. The summed E-state index contributed by atoms with van der Waals surface area (Å²) in [6, 6.07) is 14.0. The molecule has 1 amide bonds. The van der Waals surface area contributed by atoms with Gasteiger partial charge in [-0.3, -0.25) is 0 Å². The number of rotatable bonds is 9. The number of pyridine rings is 1. The molecular formula is C22H24N2O5SSe. The number of carbonyl (C=O) groups is 3. The predicted molar refractivity (Wildman–Crippen MR) is 118 cm³/mol. The molecule has 2 heterocycles. The Bertz CT molecular complexity index is 997. The molecule has 1 aromatic carbocycles. The average molecular weight is 507 g/mol. The summed E-state index contributed by atoms with van der Waals surface area (Å²) in [6.07, 6.45) is 1.89. The van der Waals surface area contributed by atoms with Crippen molar-refractivity contribution in [3.05, 3.63) is 64.9 Å². The fourth-order valence-corrected chi connectivity index (χ4v) is 6.02. The minimum absolute atomic E-state index is 0.0472. The van der Waals surface area contributed by atoms with Crippen molar-refractivity contribution in [2.24, 2.45) is 5.92 Å². The average Bonchev–Trinajstić information content (AvgIpc) is 2.76. The van der Waals surface area contributed by atoms with Gasteiger partial charge in [-0.05, 0) is 0 Å². The molecule has 0 aliphatic carbocycles. The first-order valence-corrected chi connectivity index (χ1v) is 12.6. The Hall–Kier alpha value is -2.48. The van der Waals surface area contributed by atoms with Crippen molar-refractivity contribution in [3.8, 4) is 0 Å². The number of aromatic nitrogens is 1. The summed E-state index contributed by atoms with van der Waals surface area (Å²) in [4.78, 5) is 44.9. The molecule has 1 saturated heterocycles. The van der Waals surface area contributed by atoms with E-state index in [0.717, 1.165) is 5.32 Å². The van der Waals surface area contributed by atoms with E-state index in [1.165, 1.54) is 21.4 Å². The fraction of sp³-hybridized carbons (Fsp3) is 0.364. The van der Waals surface area contributed by atoms with Crippen LogP contribution in [0, 0.1) is 10.6 Å². The zero-order valence-corrected chi connectivity index (χ0v) is 19.8. The number of hydrogen-bond donors (Lipinski definition) is 0. The Labute approximate surface area is 192 Å². The molecule has 0 spiro atoms. The van der Waals surface area contributed by atoms with Crippen molar-refractivity contribution in [3.63, 3.8) is 0 Å². The van der Waals surface area contributed by atoms with Crippen LogP contribution in [0.5, 0.6) is 0 Å². The maximum atomic E-state index is 12.8. The monoisotopic (exact) mass is 508 g/mol. The number of esters is 1. The van der Waals surface area contributed by atoms with E-state index in [1.807, 2.05) is 30.3 Å². The van der Waals surface area contributed by atoms with Crippen molar-refractivity contribution < 1.29 is 24.0 Å². The SMILES string of the molecule is CCOC(=O)C(C(C)C(=O)On1ccccc1=S)N1C(=O)CC1[Se]Cc1ccccc1. The normalized spacial score (nSPS) is 17.4. The van der Waals surface area contributed by atoms with Crippen molar-refractivity contribution in [2.45, 2.75) is 36.6 Å². The molecule has 0 bridgehead atoms. The first-order chi connectivity index (χ1) is 14.9. The van der Waals surface area contributed by atoms with Gasteiger partial charge in [0.05, 0.1) is 0 Å². The molecule has 31 heavy (non-hydrogen) atoms. The van der Waals surface area contributed by atoms with E-state index in [9.17, 15) is 14.4 Å². The van der Waals surface area contributed by atoms with E-state index >= 15 is 0 Å². The second-order valence-corrected chi connectivity index (χ2v) is 9.88. The molecule has 1 aromatic heterocycles. The Morgan fingerprint density at radius 1 is 1.16 bits per heavy atom. The molecule has 1 aliphatic rings. The number of nitrogens with zero attached hydrogens (tertiary/aromatic N) is 2. The number of carbonyl (C=O) groups excluding carboxylic acids is 3. The van der Waals surface area contributed by atoms with Gasteiger partial charge in [-0.1, -0.05) is 0 Å². The van der Waals surface area contributed by atoms with Gasteiger partial charge in [-0.15, -0.1) is 0 Å². The molecule has 3 atom stereocenters. The zero-order valence-electron chi connectivity index (χ0n) is 17.3. The molecule has 1 aliphatic heterocycles. The van der Waals surface area contributed by atoms with Crippen LogP contribution in [0.15, 0.2) is 54.7 Å². The first-order valence-electron chi connectivity index (χ1n) is 9.95. The summed E-state index contributed by atoms with van der Waals surface area (Å²) < 4.78 is 6.70. The quantitative estimate of drug-likeness (QED) is 0.224. The van der Waals surface area contributed by atoms with Crippen LogP contribution in [-0.2, 0) is 24.4 Å². The van der Waals surface area contributed by atoms with E-state index in [-0.39, 0.29) is 32.4 Å². The molecule has 0 radical (unpaired) electrons. The third-order valence-corrected chi connectivity index (χ3v) is 7.88. The minimum atomic E-state index is -1.03. The van der Waals surface area contributed by atoms with Gasteiger partial charge in [-0.2, -0.15) is 0 Å². The molecule has 0 saturated carbocycles. The van der Waals surface area contributed by atoms with E-state index in [2.05, 4.69) is 0 Å². The summed E-state index contributed by atoms with van der Waals surface area (Å²) in [5.41, 5.74) is 1.18. The van der Waals surface area contributed by atoms with E-state index < -0.39 is 23.9 Å². The number of amides is 1. The van der Waals surface area contributed by atoms with Crippen LogP contribution < -0.4 is 4.84 Å². The number of likely N-dealkylation sites (tertiary alicyclic amines) is 1. The molecule has 3 unspecified atom stereocenters. The van der Waals surface area contributed by atoms with E-state index in [0.29, 0.717) is 11.1 Å². The Morgan fingerprint density at radius 2 is 1.87 bits per heavy atom. The summed E-state index contributed by atoms with van der Waals surface area (Å²) in [5, 5.41) is 0.829. The number of hydrogen-bond acceptors (Lipinski definition) is 6. The first kappa shape index (κ1) is 23.2. The van der Waals surface area contributed by atoms with Gasteiger partial charge in [-0.25, -0.2) is 0 Å². The molecule has 7 nitrogen and oxygen atoms in total. The summed E-state index contributed by atoms with van der Waals surface area (Å²) in [5.74, 6) is -2.33. The Morgan fingerprint density at radius 3 is 2.52 bits per heavy atom. The Balaban J connectivity index is 1.76. The second kappa shape index (κ2) is 10.7. The Kier molecular flexibility index (Phi) is 8.01. The van der Waals surface area contributed by atoms with Crippen LogP contribution in [0.4, 0.5) is 0 Å². The van der Waals surface area contributed by atoms with Gasteiger partial charge < -0.3 is 0 Å². The predicted octanol–water partition coefficient (Wildman–Crippen LogP) is 2.20. The standard InChI is InChI=1S/C22H24N2O5SSe/c1-3-28-22(27)20(15(2)21(26)29-23-12-8-7-11-18(23)30)24-17(25)13-19(24)31-14-16-9-5-4-6-10-16/h4-12,15,19-20H,3,13-14H2,1-2H3. The number of benzene rings is 1. The summed E-state index contributed by atoms with van der Waals surface area (Å²) >= 11 is 5.20. The van der Waals surface area contributed by atoms with Crippen LogP contribution in [0.2, 0.25) is 0 Å². The van der Waals surface area contributed by atoms with Crippen molar-refractivity contribution in [1.29, 1.82) is 0 Å². The topological polar surface area (TPSA) is 77.8 Å². The van der Waals surface area contributed by atoms with Crippen molar-refractivity contribution >= 4 is 45.0 Å². The number of ether oxygens (including phenoxy) is 1. The van der Waals surface area contributed by atoms with Gasteiger partial charge in [0.1, 0.15) is 0 Å². The van der Waals surface area contributed by atoms with Crippen LogP contribution in [0.1, 0.15) is 25.8 Å². The van der Waals surface area contributed by atoms with Crippen LogP contribution >= 0.6 is 12.2 Å². The van der Waals surface area contributed by atoms with Gasteiger partial charge in [0, 0.05) is 0 Å². The van der Waals surface area contributed by atoms with Crippen molar-refractivity contribution in [2.75, 3.05) is 6.61 Å². The van der Waals surface area contributed by atoms with Crippen LogP contribution in [-0.4, -0.2) is 60.0 Å². The molecule has 164 valence electrons. The fourth-order valence-electron chi connectivity index (χ4n) is 3.22. The van der Waals surface area contributed by atoms with Gasteiger partial charge in [0.25, 0.3) is 0 Å².